The van der Waals surface area contributed by atoms with Gasteiger partial charge in [0.25, 0.3) is 0 Å². The lowest BCUT2D eigenvalue weighted by Crippen LogP contribution is -1.95. The molecule has 0 bridgehead atoms. The van der Waals surface area contributed by atoms with E-state index in [1.54, 1.807) is 0 Å². The van der Waals surface area contributed by atoms with Crippen molar-refractivity contribution in [3.63, 3.8) is 0 Å². The SMILES string of the molecule is C=CC1CC1C/C=C(\C)C(=C)N. The molecule has 0 saturated heterocycles. The molecule has 0 aromatic carbocycles. The van der Waals surface area contributed by atoms with E-state index >= 15 is 0 Å². The molecule has 1 nitrogen and oxygen atoms in total. The minimum absolute atomic E-state index is 0.686. The third kappa shape index (κ3) is 2.26. The highest BCUT2D eigenvalue weighted by Gasteiger charge is 2.32. The Labute approximate surface area is 74.7 Å². The molecule has 0 aliphatic heterocycles. The van der Waals surface area contributed by atoms with E-state index in [9.17, 15) is 0 Å². The third-order valence-corrected chi connectivity index (χ3v) is 2.51. The van der Waals surface area contributed by atoms with Gasteiger partial charge in [-0.3, -0.25) is 0 Å². The van der Waals surface area contributed by atoms with Crippen molar-refractivity contribution in [1.82, 2.24) is 0 Å². The van der Waals surface area contributed by atoms with Gasteiger partial charge in [-0.05, 0) is 37.2 Å². The zero-order valence-electron chi connectivity index (χ0n) is 7.72. The average molecular weight is 163 g/mol. The van der Waals surface area contributed by atoms with Gasteiger partial charge >= 0.3 is 0 Å². The van der Waals surface area contributed by atoms with Gasteiger partial charge in [-0.1, -0.05) is 18.7 Å². The summed E-state index contributed by atoms with van der Waals surface area (Å²) in [5.74, 6) is 1.57. The second-order valence-electron chi connectivity index (χ2n) is 3.54. The van der Waals surface area contributed by atoms with Gasteiger partial charge in [-0.25, -0.2) is 0 Å². The molecule has 12 heavy (non-hydrogen) atoms. The Morgan fingerprint density at radius 1 is 1.67 bits per heavy atom. The topological polar surface area (TPSA) is 26.0 Å². The van der Waals surface area contributed by atoms with Gasteiger partial charge in [0.1, 0.15) is 0 Å². The number of nitrogens with two attached hydrogens (primary N) is 1. The standard InChI is InChI=1S/C11H17N/c1-4-10-7-11(10)6-5-8(2)9(3)12/h4-5,10-11H,1,3,6-7,12H2,2H3/b8-5+. The van der Waals surface area contributed by atoms with Crippen molar-refractivity contribution in [2.24, 2.45) is 17.6 Å². The molecule has 1 aliphatic rings. The molecule has 0 spiro atoms. The lowest BCUT2D eigenvalue weighted by atomic mass is 10.1. The molecular weight excluding hydrogens is 146 g/mol. The first kappa shape index (κ1) is 9.11. The number of rotatable bonds is 4. The van der Waals surface area contributed by atoms with Crippen LogP contribution < -0.4 is 5.73 Å². The highest BCUT2D eigenvalue weighted by molar-refractivity contribution is 5.23. The van der Waals surface area contributed by atoms with E-state index in [1.807, 2.05) is 13.0 Å². The molecule has 0 radical (unpaired) electrons. The largest absolute Gasteiger partial charge is 0.399 e. The van der Waals surface area contributed by atoms with Crippen LogP contribution in [0.3, 0.4) is 0 Å². The fraction of sp³-hybridized carbons (Fsp3) is 0.455. The summed E-state index contributed by atoms with van der Waals surface area (Å²) >= 11 is 0. The van der Waals surface area contributed by atoms with Crippen molar-refractivity contribution in [3.05, 3.63) is 36.6 Å². The molecule has 2 unspecified atom stereocenters. The molecule has 2 atom stereocenters. The molecule has 1 heteroatoms. The maximum atomic E-state index is 5.53. The molecule has 0 heterocycles. The van der Waals surface area contributed by atoms with E-state index in [2.05, 4.69) is 19.2 Å². The quantitative estimate of drug-likeness (QED) is 0.500. The van der Waals surface area contributed by atoms with Crippen molar-refractivity contribution in [2.75, 3.05) is 0 Å². The zero-order valence-corrected chi connectivity index (χ0v) is 7.72. The van der Waals surface area contributed by atoms with Gasteiger partial charge in [0, 0.05) is 5.70 Å². The van der Waals surface area contributed by atoms with Gasteiger partial charge in [0.2, 0.25) is 0 Å². The highest BCUT2D eigenvalue weighted by atomic mass is 14.6. The van der Waals surface area contributed by atoms with E-state index in [0.29, 0.717) is 5.70 Å². The minimum atomic E-state index is 0.686. The van der Waals surface area contributed by atoms with Crippen LogP contribution in [0.1, 0.15) is 19.8 Å². The van der Waals surface area contributed by atoms with E-state index in [1.165, 1.54) is 6.42 Å². The normalized spacial score (nSPS) is 28.2. The molecule has 0 aromatic rings. The molecule has 0 amide bonds. The maximum absolute atomic E-state index is 5.53. The average Bonchev–Trinajstić information content (AvgIpc) is 2.78. The monoisotopic (exact) mass is 163 g/mol. The summed E-state index contributed by atoms with van der Waals surface area (Å²) in [5, 5.41) is 0. The van der Waals surface area contributed by atoms with E-state index in [0.717, 1.165) is 23.8 Å². The molecular formula is C11H17N. The van der Waals surface area contributed by atoms with Crippen LogP contribution in [-0.4, -0.2) is 0 Å². The molecule has 0 aromatic heterocycles. The van der Waals surface area contributed by atoms with E-state index < -0.39 is 0 Å². The van der Waals surface area contributed by atoms with Crippen molar-refractivity contribution < 1.29 is 0 Å². The molecule has 1 rings (SSSR count). The van der Waals surface area contributed by atoms with E-state index in [-0.39, 0.29) is 0 Å². The third-order valence-electron chi connectivity index (χ3n) is 2.51. The van der Waals surface area contributed by atoms with Crippen molar-refractivity contribution >= 4 is 0 Å². The summed E-state index contributed by atoms with van der Waals surface area (Å²) in [5.41, 5.74) is 7.33. The fourth-order valence-corrected chi connectivity index (χ4v) is 1.29. The fourth-order valence-electron chi connectivity index (χ4n) is 1.29. The summed E-state index contributed by atoms with van der Waals surface area (Å²) in [6.07, 6.45) is 6.64. The predicted octanol–water partition coefficient (Wildman–Crippen LogP) is 2.62. The highest BCUT2D eigenvalue weighted by Crippen LogP contribution is 2.42. The lowest BCUT2D eigenvalue weighted by molar-refractivity contribution is 0.803. The Bertz CT molecular complexity index is 225. The second-order valence-corrected chi connectivity index (χ2v) is 3.54. The smallest absolute Gasteiger partial charge is 0.0267 e. The van der Waals surface area contributed by atoms with Gasteiger partial charge in [-0.2, -0.15) is 0 Å². The lowest BCUT2D eigenvalue weighted by Gasteiger charge is -1.97. The zero-order chi connectivity index (χ0) is 9.14. The van der Waals surface area contributed by atoms with Gasteiger partial charge in [0.15, 0.2) is 0 Å². The van der Waals surface area contributed by atoms with Gasteiger partial charge in [-0.15, -0.1) is 6.58 Å². The molecule has 1 saturated carbocycles. The Hall–Kier alpha value is -0.980. The van der Waals surface area contributed by atoms with Crippen molar-refractivity contribution in [3.8, 4) is 0 Å². The van der Waals surface area contributed by atoms with Crippen LogP contribution in [0.4, 0.5) is 0 Å². The van der Waals surface area contributed by atoms with E-state index in [4.69, 9.17) is 5.73 Å². The molecule has 1 fully saturated rings. The predicted molar refractivity (Wildman–Crippen MR) is 53.5 cm³/mol. The Morgan fingerprint density at radius 3 is 2.75 bits per heavy atom. The number of hydrogen-bond donors (Lipinski definition) is 1. The van der Waals surface area contributed by atoms with Crippen LogP contribution in [0.15, 0.2) is 36.6 Å². The Kier molecular flexibility index (Phi) is 2.74. The molecule has 1 aliphatic carbocycles. The van der Waals surface area contributed by atoms with Crippen molar-refractivity contribution in [2.45, 2.75) is 19.8 Å². The summed E-state index contributed by atoms with van der Waals surface area (Å²) in [7, 11) is 0. The number of allylic oxidation sites excluding steroid dienone is 3. The second kappa shape index (κ2) is 3.61. The first-order chi connectivity index (χ1) is 5.65. The van der Waals surface area contributed by atoms with Crippen LogP contribution in [0, 0.1) is 11.8 Å². The first-order valence-electron chi connectivity index (χ1n) is 4.39. The summed E-state index contributed by atoms with van der Waals surface area (Å²) < 4.78 is 0. The molecule has 2 N–H and O–H groups in total. The van der Waals surface area contributed by atoms with Crippen LogP contribution in [0.2, 0.25) is 0 Å². The first-order valence-corrected chi connectivity index (χ1v) is 4.39. The van der Waals surface area contributed by atoms with Gasteiger partial charge in [0.05, 0.1) is 0 Å². The van der Waals surface area contributed by atoms with Gasteiger partial charge < -0.3 is 5.73 Å². The van der Waals surface area contributed by atoms with Crippen LogP contribution in [0.25, 0.3) is 0 Å². The van der Waals surface area contributed by atoms with Crippen LogP contribution in [0.5, 0.6) is 0 Å². The minimum Gasteiger partial charge on any atom is -0.399 e. The maximum Gasteiger partial charge on any atom is 0.0267 e. The Balaban J connectivity index is 2.30. The summed E-state index contributed by atoms with van der Waals surface area (Å²) in [6.45, 7) is 9.46. The summed E-state index contributed by atoms with van der Waals surface area (Å²) in [4.78, 5) is 0. The Morgan fingerprint density at radius 2 is 2.33 bits per heavy atom. The number of hydrogen-bond acceptors (Lipinski definition) is 1. The van der Waals surface area contributed by atoms with Crippen LogP contribution in [-0.2, 0) is 0 Å². The van der Waals surface area contributed by atoms with Crippen molar-refractivity contribution in [1.29, 1.82) is 0 Å². The molecule has 66 valence electrons. The van der Waals surface area contributed by atoms with Crippen LogP contribution >= 0.6 is 0 Å². The summed E-state index contributed by atoms with van der Waals surface area (Å²) in [6, 6.07) is 0.